The van der Waals surface area contributed by atoms with E-state index in [-0.39, 0.29) is 12.5 Å². The Hall–Kier alpha value is -4.51. The molecule has 1 heterocycles. The normalized spacial score (nSPS) is 10.4. The lowest BCUT2D eigenvalue weighted by Crippen LogP contribution is -2.16. The first-order chi connectivity index (χ1) is 15.5. The van der Waals surface area contributed by atoms with Crippen LogP contribution in [0.5, 0.6) is 11.5 Å². The first-order valence-electron chi connectivity index (χ1n) is 9.62. The molecule has 0 unspecified atom stereocenters. The van der Waals surface area contributed by atoms with E-state index in [0.717, 1.165) is 5.56 Å². The topological polar surface area (TPSA) is 94.5 Å². The highest BCUT2D eigenvalue weighted by atomic mass is 16.5. The van der Waals surface area contributed by atoms with Crippen LogP contribution in [0.1, 0.15) is 15.9 Å². The van der Waals surface area contributed by atoms with Gasteiger partial charge in [-0.2, -0.15) is 5.10 Å². The minimum absolute atomic E-state index is 0.127. The lowest BCUT2D eigenvalue weighted by atomic mass is 10.1. The average molecular weight is 430 g/mol. The number of ether oxygens (including phenoxy) is 2. The number of nitrogens with one attached hydrogen (secondary N) is 2. The minimum atomic E-state index is -0.391. The van der Waals surface area contributed by atoms with Crippen molar-refractivity contribution in [2.75, 3.05) is 24.4 Å². The Morgan fingerprint density at radius 3 is 2.72 bits per heavy atom. The Morgan fingerprint density at radius 2 is 2.00 bits per heavy atom. The molecule has 0 bridgehead atoms. The van der Waals surface area contributed by atoms with Crippen LogP contribution in [0, 0.1) is 12.3 Å². The highest BCUT2D eigenvalue weighted by molar-refractivity contribution is 6.11. The van der Waals surface area contributed by atoms with Gasteiger partial charge < -0.3 is 20.1 Å². The van der Waals surface area contributed by atoms with Crippen molar-refractivity contribution in [1.82, 2.24) is 9.78 Å². The molecular weight excluding hydrogens is 408 g/mol. The third kappa shape index (κ3) is 5.77. The van der Waals surface area contributed by atoms with Gasteiger partial charge in [0.2, 0.25) is 5.91 Å². The highest BCUT2D eigenvalue weighted by Gasteiger charge is 2.13. The lowest BCUT2D eigenvalue weighted by Gasteiger charge is -2.10. The van der Waals surface area contributed by atoms with Gasteiger partial charge in [-0.3, -0.25) is 14.3 Å². The summed E-state index contributed by atoms with van der Waals surface area (Å²) < 4.78 is 12.3. The summed E-state index contributed by atoms with van der Waals surface area (Å²) in [5, 5.41) is 9.51. The van der Waals surface area contributed by atoms with Gasteiger partial charge in [0.25, 0.3) is 5.91 Å². The second-order valence-electron chi connectivity index (χ2n) is 6.63. The maximum atomic E-state index is 12.6. The van der Waals surface area contributed by atoms with Crippen molar-refractivity contribution in [2.45, 2.75) is 0 Å². The summed E-state index contributed by atoms with van der Waals surface area (Å²) in [5.74, 6) is 2.66. The maximum absolute atomic E-state index is 12.6. The Morgan fingerprint density at radius 1 is 1.19 bits per heavy atom. The highest BCUT2D eigenvalue weighted by Crippen LogP contribution is 2.28. The number of nitrogens with zero attached hydrogens (tertiary/aromatic N) is 2. The van der Waals surface area contributed by atoms with Crippen molar-refractivity contribution < 1.29 is 19.1 Å². The van der Waals surface area contributed by atoms with E-state index in [4.69, 9.17) is 15.9 Å². The van der Waals surface area contributed by atoms with Crippen molar-refractivity contribution in [3.8, 4) is 23.8 Å². The zero-order valence-electron chi connectivity index (χ0n) is 17.7. The monoisotopic (exact) mass is 430 g/mol. The number of hydrogen-bond donors (Lipinski definition) is 2. The zero-order chi connectivity index (χ0) is 22.9. The van der Waals surface area contributed by atoms with E-state index in [1.165, 1.54) is 13.2 Å². The predicted octanol–water partition coefficient (Wildman–Crippen LogP) is 3.34. The molecule has 0 radical (unpaired) electrons. The Bertz CT molecular complexity index is 1190. The Labute approximate surface area is 185 Å². The van der Waals surface area contributed by atoms with Crippen LogP contribution in [-0.2, 0) is 11.8 Å². The quantitative estimate of drug-likeness (QED) is 0.422. The summed E-state index contributed by atoms with van der Waals surface area (Å²) in [5.41, 5.74) is 2.00. The van der Waals surface area contributed by atoms with Crippen molar-refractivity contribution in [1.29, 1.82) is 0 Å². The van der Waals surface area contributed by atoms with Gasteiger partial charge in [-0.05, 0) is 35.9 Å². The molecule has 0 fully saturated rings. The largest absolute Gasteiger partial charge is 0.493 e. The summed E-state index contributed by atoms with van der Waals surface area (Å²) >= 11 is 0. The standard InChI is InChI=1S/C24H22N4O4/c1-4-13-32-21-11-9-17(14-22(21)31-3)10-12-23(29)27-20-8-6-5-7-19(20)24(30)26-18-15-25-28(2)16-18/h1,5-12,14-16H,13H2,2-3H3,(H,26,30)(H,27,29)/b12-10+. The number of benzene rings is 2. The first kappa shape index (κ1) is 22.2. The van der Waals surface area contributed by atoms with Gasteiger partial charge in [0, 0.05) is 19.3 Å². The SMILES string of the molecule is C#CCOc1ccc(/C=C/C(=O)Nc2ccccc2C(=O)Nc2cnn(C)c2)cc1OC. The summed E-state index contributed by atoms with van der Waals surface area (Å²) in [6.07, 6.45) is 11.4. The minimum Gasteiger partial charge on any atom is -0.493 e. The van der Waals surface area contributed by atoms with Crippen LogP contribution in [-0.4, -0.2) is 35.3 Å². The van der Waals surface area contributed by atoms with E-state index in [9.17, 15) is 9.59 Å². The van der Waals surface area contributed by atoms with Crippen LogP contribution in [0.2, 0.25) is 0 Å². The molecule has 0 aliphatic rings. The maximum Gasteiger partial charge on any atom is 0.257 e. The number of amides is 2. The van der Waals surface area contributed by atoms with Crippen LogP contribution < -0.4 is 20.1 Å². The van der Waals surface area contributed by atoms with Crippen molar-refractivity contribution in [3.63, 3.8) is 0 Å². The number of methoxy groups -OCH3 is 1. The summed E-state index contributed by atoms with van der Waals surface area (Å²) in [7, 11) is 3.27. The number of carbonyl (C=O) groups is 2. The second kappa shape index (κ2) is 10.5. The fourth-order valence-electron chi connectivity index (χ4n) is 2.85. The molecule has 3 rings (SSSR count). The molecule has 3 aromatic rings. The number of hydrogen-bond acceptors (Lipinski definition) is 5. The van der Waals surface area contributed by atoms with Gasteiger partial charge in [-0.15, -0.1) is 6.42 Å². The molecule has 0 spiro atoms. The number of terminal acetylenes is 1. The molecule has 0 aliphatic carbocycles. The second-order valence-corrected chi connectivity index (χ2v) is 6.63. The van der Waals surface area contributed by atoms with Crippen molar-refractivity contribution >= 4 is 29.3 Å². The average Bonchev–Trinajstić information content (AvgIpc) is 3.21. The number of aromatic nitrogens is 2. The van der Waals surface area contributed by atoms with Gasteiger partial charge >= 0.3 is 0 Å². The smallest absolute Gasteiger partial charge is 0.257 e. The molecule has 0 saturated heterocycles. The van der Waals surface area contributed by atoms with Crippen LogP contribution in [0.25, 0.3) is 6.08 Å². The summed E-state index contributed by atoms with van der Waals surface area (Å²) in [4.78, 5) is 25.1. The van der Waals surface area contributed by atoms with Gasteiger partial charge in [0.05, 0.1) is 30.2 Å². The van der Waals surface area contributed by atoms with Crippen LogP contribution in [0.3, 0.4) is 0 Å². The number of rotatable bonds is 8. The molecule has 0 aliphatic heterocycles. The van der Waals surface area contributed by atoms with E-state index in [1.54, 1.807) is 72.7 Å². The molecule has 2 amide bonds. The van der Waals surface area contributed by atoms with Gasteiger partial charge in [-0.25, -0.2) is 0 Å². The third-order valence-electron chi connectivity index (χ3n) is 4.32. The van der Waals surface area contributed by atoms with Crippen LogP contribution in [0.4, 0.5) is 11.4 Å². The molecule has 32 heavy (non-hydrogen) atoms. The fraction of sp³-hybridized carbons (Fsp3) is 0.125. The molecule has 0 atom stereocenters. The Balaban J connectivity index is 1.69. The number of carbonyl (C=O) groups excluding carboxylic acids is 2. The number of anilines is 2. The van der Waals surface area contributed by atoms with Gasteiger partial charge in [0.1, 0.15) is 6.61 Å². The number of aryl methyl sites for hydroxylation is 1. The van der Waals surface area contributed by atoms with E-state index in [0.29, 0.717) is 28.4 Å². The van der Waals surface area contributed by atoms with Crippen molar-refractivity contribution in [3.05, 3.63) is 72.1 Å². The molecule has 1 aromatic heterocycles. The summed E-state index contributed by atoms with van der Waals surface area (Å²) in [6.45, 7) is 0.127. The zero-order valence-corrected chi connectivity index (χ0v) is 17.7. The molecule has 2 aromatic carbocycles. The van der Waals surface area contributed by atoms with Gasteiger partial charge in [0.15, 0.2) is 11.5 Å². The van der Waals surface area contributed by atoms with Gasteiger partial charge in [-0.1, -0.05) is 24.1 Å². The Kier molecular flexibility index (Phi) is 7.28. The third-order valence-corrected chi connectivity index (χ3v) is 4.32. The molecule has 0 saturated carbocycles. The first-order valence-corrected chi connectivity index (χ1v) is 9.62. The van der Waals surface area contributed by atoms with Crippen LogP contribution in [0.15, 0.2) is 60.9 Å². The van der Waals surface area contributed by atoms with E-state index in [1.807, 2.05) is 0 Å². The molecule has 8 nitrogen and oxygen atoms in total. The van der Waals surface area contributed by atoms with Crippen LogP contribution >= 0.6 is 0 Å². The summed E-state index contributed by atoms with van der Waals surface area (Å²) in [6, 6.07) is 12.0. The van der Waals surface area contributed by atoms with Crippen molar-refractivity contribution in [2.24, 2.45) is 7.05 Å². The predicted molar refractivity (Wildman–Crippen MR) is 123 cm³/mol. The van der Waals surface area contributed by atoms with E-state index in [2.05, 4.69) is 21.7 Å². The fourth-order valence-corrected chi connectivity index (χ4v) is 2.85. The molecule has 2 N–H and O–H groups in total. The molecule has 162 valence electrons. The van der Waals surface area contributed by atoms with E-state index >= 15 is 0 Å². The molecular formula is C24H22N4O4. The molecule has 8 heteroatoms. The number of para-hydroxylation sites is 1. The lowest BCUT2D eigenvalue weighted by molar-refractivity contribution is -0.111. The van der Waals surface area contributed by atoms with E-state index < -0.39 is 5.91 Å².